The number of nitriles is 1. The highest BCUT2D eigenvalue weighted by Gasteiger charge is 2.26. The second-order valence-electron chi connectivity index (χ2n) is 5.26. The van der Waals surface area contributed by atoms with E-state index in [1.807, 2.05) is 11.0 Å². The Balaban J connectivity index is 2.02. The lowest BCUT2D eigenvalue weighted by atomic mass is 9.91. The summed E-state index contributed by atoms with van der Waals surface area (Å²) in [4.78, 5) is 14.2. The lowest BCUT2D eigenvalue weighted by molar-refractivity contribution is -0.130. The zero-order valence-electron chi connectivity index (χ0n) is 12.0. The van der Waals surface area contributed by atoms with Gasteiger partial charge in [-0.2, -0.15) is 5.26 Å². The van der Waals surface area contributed by atoms with Crippen molar-refractivity contribution in [1.29, 1.82) is 5.26 Å². The van der Waals surface area contributed by atoms with Gasteiger partial charge in [0.05, 0.1) is 11.6 Å². The van der Waals surface area contributed by atoms with Gasteiger partial charge in [-0.15, -0.1) is 0 Å². The van der Waals surface area contributed by atoms with Gasteiger partial charge in [0.1, 0.15) is 0 Å². The van der Waals surface area contributed by atoms with Crippen molar-refractivity contribution in [3.05, 3.63) is 41.5 Å². The van der Waals surface area contributed by atoms with E-state index in [1.165, 1.54) is 6.42 Å². The lowest BCUT2D eigenvalue weighted by Gasteiger charge is -2.37. The first-order chi connectivity index (χ1) is 10.2. The predicted octanol–water partition coefficient (Wildman–Crippen LogP) is 2.33. The fourth-order valence-corrected chi connectivity index (χ4v) is 2.39. The van der Waals surface area contributed by atoms with Gasteiger partial charge in [0.25, 0.3) is 0 Å². The van der Waals surface area contributed by atoms with Gasteiger partial charge in [0, 0.05) is 25.3 Å². The molecule has 0 unspecified atom stereocenters. The Morgan fingerprint density at radius 1 is 1.48 bits per heavy atom. The minimum absolute atomic E-state index is 0.0180. The van der Waals surface area contributed by atoms with Crippen LogP contribution in [0.1, 0.15) is 36.8 Å². The van der Waals surface area contributed by atoms with Crippen LogP contribution in [-0.2, 0) is 4.79 Å². The summed E-state index contributed by atoms with van der Waals surface area (Å²) in [7, 11) is 0. The van der Waals surface area contributed by atoms with Crippen molar-refractivity contribution in [2.75, 3.05) is 13.2 Å². The molecule has 0 heterocycles. The number of aliphatic hydroxyl groups is 1. The summed E-state index contributed by atoms with van der Waals surface area (Å²) in [6.07, 6.45) is 7.19. The Hall–Kier alpha value is -2.12. The molecule has 0 radical (unpaired) electrons. The van der Waals surface area contributed by atoms with Crippen LogP contribution < -0.4 is 0 Å². The van der Waals surface area contributed by atoms with Crippen LogP contribution in [0.4, 0.5) is 0 Å². The number of hydrogen-bond donors (Lipinski definition) is 1. The van der Waals surface area contributed by atoms with Crippen LogP contribution in [0, 0.1) is 11.3 Å². The predicted molar refractivity (Wildman–Crippen MR) is 81.2 cm³/mol. The maximum atomic E-state index is 12.3. The largest absolute Gasteiger partial charge is 0.396 e. The molecule has 1 fully saturated rings. The van der Waals surface area contributed by atoms with E-state index in [2.05, 4.69) is 6.07 Å². The molecule has 1 amide bonds. The van der Waals surface area contributed by atoms with Crippen molar-refractivity contribution in [1.82, 2.24) is 4.90 Å². The van der Waals surface area contributed by atoms with Gasteiger partial charge >= 0.3 is 0 Å². The molecule has 0 spiro atoms. The standard InChI is InChI=1S/C17H20N2O2/c18-13-15-5-1-4-14(12-15)8-9-17(21)19(10-3-11-20)16-6-2-7-16/h1,4-5,8-9,12,16,20H,2-3,6-7,10-11H2/b9-8+. The van der Waals surface area contributed by atoms with Crippen molar-refractivity contribution in [2.24, 2.45) is 0 Å². The molecule has 1 aromatic carbocycles. The Labute approximate surface area is 125 Å². The van der Waals surface area contributed by atoms with E-state index in [-0.39, 0.29) is 12.5 Å². The number of nitrogens with zero attached hydrogens (tertiary/aromatic N) is 2. The number of aliphatic hydroxyl groups excluding tert-OH is 1. The average Bonchev–Trinajstić information content (AvgIpc) is 2.47. The molecule has 1 saturated carbocycles. The Kier molecular flexibility index (Phi) is 5.53. The van der Waals surface area contributed by atoms with Crippen molar-refractivity contribution >= 4 is 12.0 Å². The first-order valence-electron chi connectivity index (χ1n) is 7.34. The van der Waals surface area contributed by atoms with Gasteiger partial charge in [-0.25, -0.2) is 0 Å². The third-order valence-corrected chi connectivity index (χ3v) is 3.79. The Bertz CT molecular complexity index is 556. The molecule has 1 N–H and O–H groups in total. The third-order valence-electron chi connectivity index (χ3n) is 3.79. The van der Waals surface area contributed by atoms with Crippen LogP contribution in [0.25, 0.3) is 6.08 Å². The van der Waals surface area contributed by atoms with Gasteiger partial charge in [-0.05, 0) is 49.5 Å². The first-order valence-corrected chi connectivity index (χ1v) is 7.34. The minimum atomic E-state index is -0.0180. The molecular formula is C17H20N2O2. The van der Waals surface area contributed by atoms with Crippen LogP contribution in [0.3, 0.4) is 0 Å². The molecule has 0 bridgehead atoms. The molecule has 0 atom stereocenters. The van der Waals surface area contributed by atoms with Gasteiger partial charge in [0.2, 0.25) is 5.91 Å². The van der Waals surface area contributed by atoms with E-state index in [0.717, 1.165) is 18.4 Å². The lowest BCUT2D eigenvalue weighted by Crippen LogP contribution is -2.44. The highest BCUT2D eigenvalue weighted by Crippen LogP contribution is 2.25. The molecule has 4 heteroatoms. The smallest absolute Gasteiger partial charge is 0.246 e. The fraction of sp³-hybridized carbons (Fsp3) is 0.412. The Morgan fingerprint density at radius 3 is 2.90 bits per heavy atom. The van der Waals surface area contributed by atoms with Crippen LogP contribution in [0.5, 0.6) is 0 Å². The van der Waals surface area contributed by atoms with Crippen LogP contribution >= 0.6 is 0 Å². The number of benzene rings is 1. The van der Waals surface area contributed by atoms with E-state index in [9.17, 15) is 4.79 Å². The quantitative estimate of drug-likeness (QED) is 0.815. The summed E-state index contributed by atoms with van der Waals surface area (Å²) in [6.45, 7) is 0.701. The van der Waals surface area contributed by atoms with Gasteiger partial charge in [0.15, 0.2) is 0 Å². The summed E-state index contributed by atoms with van der Waals surface area (Å²) in [5.74, 6) is -0.0180. The molecule has 4 nitrogen and oxygen atoms in total. The molecular weight excluding hydrogens is 264 g/mol. The first kappa shape index (κ1) is 15.3. The summed E-state index contributed by atoms with van der Waals surface area (Å²) in [5, 5.41) is 17.8. The minimum Gasteiger partial charge on any atom is -0.396 e. The van der Waals surface area contributed by atoms with E-state index in [0.29, 0.717) is 24.6 Å². The van der Waals surface area contributed by atoms with Crippen molar-refractivity contribution in [2.45, 2.75) is 31.7 Å². The highest BCUT2D eigenvalue weighted by molar-refractivity contribution is 5.92. The van der Waals surface area contributed by atoms with Crippen LogP contribution in [0.2, 0.25) is 0 Å². The number of carbonyl (C=O) groups excluding carboxylic acids is 1. The van der Waals surface area contributed by atoms with E-state index >= 15 is 0 Å². The van der Waals surface area contributed by atoms with E-state index < -0.39 is 0 Å². The molecule has 0 aliphatic heterocycles. The highest BCUT2D eigenvalue weighted by atomic mass is 16.3. The summed E-state index contributed by atoms with van der Waals surface area (Å²) in [5.41, 5.74) is 1.43. The zero-order chi connectivity index (χ0) is 15.1. The third kappa shape index (κ3) is 4.17. The molecule has 1 aliphatic rings. The molecule has 0 aromatic heterocycles. The van der Waals surface area contributed by atoms with Crippen LogP contribution in [-0.4, -0.2) is 35.1 Å². The zero-order valence-corrected chi connectivity index (χ0v) is 12.0. The van der Waals surface area contributed by atoms with E-state index in [4.69, 9.17) is 10.4 Å². The molecule has 1 aliphatic carbocycles. The summed E-state index contributed by atoms with van der Waals surface area (Å²) < 4.78 is 0. The Morgan fingerprint density at radius 2 is 2.29 bits per heavy atom. The monoisotopic (exact) mass is 284 g/mol. The summed E-state index contributed by atoms with van der Waals surface area (Å²) >= 11 is 0. The second kappa shape index (κ2) is 7.61. The van der Waals surface area contributed by atoms with Crippen molar-refractivity contribution in [3.63, 3.8) is 0 Å². The molecule has 2 rings (SSSR count). The van der Waals surface area contributed by atoms with Crippen molar-refractivity contribution in [3.8, 4) is 6.07 Å². The molecule has 110 valence electrons. The number of rotatable bonds is 6. The topological polar surface area (TPSA) is 64.3 Å². The number of amides is 1. The molecule has 21 heavy (non-hydrogen) atoms. The maximum Gasteiger partial charge on any atom is 0.246 e. The summed E-state index contributed by atoms with van der Waals surface area (Å²) in [6, 6.07) is 9.57. The van der Waals surface area contributed by atoms with Crippen molar-refractivity contribution < 1.29 is 9.90 Å². The molecule has 1 aromatic rings. The van der Waals surface area contributed by atoms with Crippen LogP contribution in [0.15, 0.2) is 30.3 Å². The SMILES string of the molecule is N#Cc1cccc(/C=C/C(=O)N(CCCO)C2CCC2)c1. The maximum absolute atomic E-state index is 12.3. The fourth-order valence-electron chi connectivity index (χ4n) is 2.39. The molecule has 0 saturated heterocycles. The number of hydrogen-bond acceptors (Lipinski definition) is 3. The second-order valence-corrected chi connectivity index (χ2v) is 5.26. The van der Waals surface area contributed by atoms with E-state index in [1.54, 1.807) is 30.4 Å². The van der Waals surface area contributed by atoms with Gasteiger partial charge < -0.3 is 10.0 Å². The normalized spacial score (nSPS) is 14.7. The number of carbonyl (C=O) groups is 1. The van der Waals surface area contributed by atoms with Gasteiger partial charge in [-0.1, -0.05) is 12.1 Å². The average molecular weight is 284 g/mol. The van der Waals surface area contributed by atoms with Gasteiger partial charge in [-0.3, -0.25) is 4.79 Å².